The molecule has 0 amide bonds. The van der Waals surface area contributed by atoms with Crippen molar-refractivity contribution < 1.29 is 9.53 Å². The van der Waals surface area contributed by atoms with Crippen LogP contribution in [0.3, 0.4) is 0 Å². The van der Waals surface area contributed by atoms with Gasteiger partial charge in [0.2, 0.25) is 0 Å². The fourth-order valence-electron chi connectivity index (χ4n) is 2.28. The second kappa shape index (κ2) is 7.82. The van der Waals surface area contributed by atoms with Crippen LogP contribution in [0.15, 0.2) is 24.3 Å². The van der Waals surface area contributed by atoms with Gasteiger partial charge in [-0.15, -0.1) is 0 Å². The molecule has 0 aliphatic heterocycles. The van der Waals surface area contributed by atoms with E-state index < -0.39 is 0 Å². The number of nitrogens with one attached hydrogen (secondary N) is 1. The molecule has 0 spiro atoms. The molecule has 106 valence electrons. The number of ether oxygens (including phenoxy) is 1. The van der Waals surface area contributed by atoms with Crippen molar-refractivity contribution in [3.63, 3.8) is 0 Å². The van der Waals surface area contributed by atoms with Crippen LogP contribution in [-0.4, -0.2) is 18.6 Å². The first-order chi connectivity index (χ1) is 9.12. The zero-order chi connectivity index (χ0) is 14.3. The Labute approximate surface area is 116 Å². The van der Waals surface area contributed by atoms with Crippen molar-refractivity contribution >= 4 is 11.7 Å². The number of rotatable bonds is 7. The second-order valence-corrected chi connectivity index (χ2v) is 4.82. The summed E-state index contributed by atoms with van der Waals surface area (Å²) in [5.74, 6) is 0.136. The van der Waals surface area contributed by atoms with Crippen molar-refractivity contribution in [2.75, 3.05) is 11.9 Å². The summed E-state index contributed by atoms with van der Waals surface area (Å²) < 4.78 is 5.19. The zero-order valence-electron chi connectivity index (χ0n) is 12.4. The van der Waals surface area contributed by atoms with Crippen molar-refractivity contribution in [1.29, 1.82) is 0 Å². The molecule has 0 aliphatic rings. The maximum absolute atomic E-state index is 12.1. The number of carbonyl (C=O) groups is 1. The fraction of sp³-hybridized carbons (Fsp3) is 0.562. The average Bonchev–Trinajstić information content (AvgIpc) is 2.39. The van der Waals surface area contributed by atoms with E-state index in [2.05, 4.69) is 25.2 Å². The summed E-state index contributed by atoms with van der Waals surface area (Å²) >= 11 is 0. The van der Waals surface area contributed by atoms with Crippen LogP contribution in [0.2, 0.25) is 0 Å². The Morgan fingerprint density at radius 2 is 1.95 bits per heavy atom. The predicted molar refractivity (Wildman–Crippen MR) is 79.3 cm³/mol. The second-order valence-electron chi connectivity index (χ2n) is 4.82. The van der Waals surface area contributed by atoms with Crippen molar-refractivity contribution in [1.82, 2.24) is 0 Å². The molecule has 0 bridgehead atoms. The van der Waals surface area contributed by atoms with E-state index in [1.54, 1.807) is 0 Å². The Hall–Kier alpha value is -1.51. The fourth-order valence-corrected chi connectivity index (χ4v) is 2.28. The van der Waals surface area contributed by atoms with Crippen molar-refractivity contribution in [3.8, 4) is 0 Å². The third-order valence-electron chi connectivity index (χ3n) is 3.40. The van der Waals surface area contributed by atoms with Gasteiger partial charge in [0.15, 0.2) is 0 Å². The molecule has 0 radical (unpaired) electrons. The highest BCUT2D eigenvalue weighted by Gasteiger charge is 2.27. The zero-order valence-corrected chi connectivity index (χ0v) is 12.4. The van der Waals surface area contributed by atoms with Crippen molar-refractivity contribution in [2.45, 2.75) is 46.6 Å². The van der Waals surface area contributed by atoms with Crippen LogP contribution in [0.1, 0.15) is 39.2 Å². The van der Waals surface area contributed by atoms with Crippen LogP contribution in [0, 0.1) is 12.8 Å². The van der Waals surface area contributed by atoms with Gasteiger partial charge in [-0.3, -0.25) is 0 Å². The summed E-state index contributed by atoms with van der Waals surface area (Å²) in [7, 11) is 0. The molecule has 1 aromatic carbocycles. The van der Waals surface area contributed by atoms with E-state index in [0.29, 0.717) is 12.5 Å². The Morgan fingerprint density at radius 3 is 2.47 bits per heavy atom. The van der Waals surface area contributed by atoms with Gasteiger partial charge < -0.3 is 10.1 Å². The largest absolute Gasteiger partial charge is 0.464 e. The highest BCUT2D eigenvalue weighted by atomic mass is 16.5. The summed E-state index contributed by atoms with van der Waals surface area (Å²) in [6.07, 6.45) is 1.91. The molecule has 0 heterocycles. The average molecular weight is 263 g/mol. The van der Waals surface area contributed by atoms with Crippen LogP contribution < -0.4 is 5.32 Å². The first-order valence-electron chi connectivity index (χ1n) is 7.12. The topological polar surface area (TPSA) is 38.3 Å². The van der Waals surface area contributed by atoms with Gasteiger partial charge in [-0.05, 0) is 37.5 Å². The SMILES string of the molecule is CCOC(=O)C(Nc1cccc(C)c1)C(CC)CC. The third-order valence-corrected chi connectivity index (χ3v) is 3.40. The number of benzene rings is 1. The lowest BCUT2D eigenvalue weighted by Gasteiger charge is -2.25. The van der Waals surface area contributed by atoms with Gasteiger partial charge in [-0.2, -0.15) is 0 Å². The summed E-state index contributed by atoms with van der Waals surface area (Å²) in [6, 6.07) is 7.81. The van der Waals surface area contributed by atoms with E-state index in [1.807, 2.05) is 32.0 Å². The standard InChI is InChI=1S/C16H25NO2/c1-5-13(6-2)15(16(18)19-7-3)17-14-10-8-9-12(4)11-14/h8-11,13,15,17H,5-7H2,1-4H3. The minimum absolute atomic E-state index is 0.155. The van der Waals surface area contributed by atoms with Gasteiger partial charge in [0, 0.05) is 5.69 Å². The molecule has 1 aromatic rings. The van der Waals surface area contributed by atoms with Crippen molar-refractivity contribution in [2.24, 2.45) is 5.92 Å². The molecule has 3 heteroatoms. The first-order valence-corrected chi connectivity index (χ1v) is 7.12. The number of aryl methyl sites for hydroxylation is 1. The predicted octanol–water partition coefficient (Wildman–Crippen LogP) is 3.77. The normalized spacial score (nSPS) is 12.3. The summed E-state index contributed by atoms with van der Waals surface area (Å²) in [4.78, 5) is 12.1. The van der Waals surface area contributed by atoms with E-state index in [-0.39, 0.29) is 12.0 Å². The molecule has 3 nitrogen and oxygen atoms in total. The van der Waals surface area contributed by atoms with E-state index in [9.17, 15) is 4.79 Å². The van der Waals surface area contributed by atoms with Gasteiger partial charge in [-0.25, -0.2) is 4.79 Å². The molecule has 1 N–H and O–H groups in total. The number of esters is 1. The van der Waals surface area contributed by atoms with Gasteiger partial charge in [0.1, 0.15) is 6.04 Å². The summed E-state index contributed by atoms with van der Waals surface area (Å²) in [6.45, 7) is 8.53. The van der Waals surface area contributed by atoms with Crippen LogP contribution >= 0.6 is 0 Å². The summed E-state index contributed by atoms with van der Waals surface area (Å²) in [5, 5.41) is 3.33. The molecule has 1 atom stereocenters. The van der Waals surface area contributed by atoms with Gasteiger partial charge in [0.05, 0.1) is 6.61 Å². The molecule has 1 unspecified atom stereocenters. The lowest BCUT2D eigenvalue weighted by Crippen LogP contribution is -2.38. The molecule has 19 heavy (non-hydrogen) atoms. The molecule has 0 fully saturated rings. The number of hydrogen-bond acceptors (Lipinski definition) is 3. The minimum atomic E-state index is -0.267. The molecular weight excluding hydrogens is 238 g/mol. The van der Waals surface area contributed by atoms with Gasteiger partial charge in [-0.1, -0.05) is 38.8 Å². The Morgan fingerprint density at radius 1 is 1.26 bits per heavy atom. The van der Waals surface area contributed by atoms with Crippen LogP contribution in [0.4, 0.5) is 5.69 Å². The molecule has 0 saturated heterocycles. The van der Waals surface area contributed by atoms with E-state index in [4.69, 9.17) is 4.74 Å². The maximum atomic E-state index is 12.1. The van der Waals surface area contributed by atoms with Crippen LogP contribution in [-0.2, 0) is 9.53 Å². The molecule has 0 saturated carbocycles. The third kappa shape index (κ3) is 4.58. The molecule has 1 rings (SSSR count). The Balaban J connectivity index is 2.87. The van der Waals surface area contributed by atoms with E-state index in [1.165, 1.54) is 5.56 Å². The van der Waals surface area contributed by atoms with Gasteiger partial charge >= 0.3 is 5.97 Å². The van der Waals surface area contributed by atoms with Crippen LogP contribution in [0.25, 0.3) is 0 Å². The molecular formula is C16H25NO2. The lowest BCUT2D eigenvalue weighted by molar-refractivity contribution is -0.145. The van der Waals surface area contributed by atoms with E-state index in [0.717, 1.165) is 18.5 Å². The molecule has 0 aromatic heterocycles. The summed E-state index contributed by atoms with van der Waals surface area (Å²) in [5.41, 5.74) is 2.15. The molecule has 0 aliphatic carbocycles. The quantitative estimate of drug-likeness (QED) is 0.761. The number of anilines is 1. The maximum Gasteiger partial charge on any atom is 0.328 e. The Bertz CT molecular complexity index is 399. The smallest absolute Gasteiger partial charge is 0.328 e. The Kier molecular flexibility index (Phi) is 6.40. The van der Waals surface area contributed by atoms with E-state index >= 15 is 0 Å². The van der Waals surface area contributed by atoms with Crippen molar-refractivity contribution in [3.05, 3.63) is 29.8 Å². The minimum Gasteiger partial charge on any atom is -0.464 e. The van der Waals surface area contributed by atoms with Crippen LogP contribution in [0.5, 0.6) is 0 Å². The lowest BCUT2D eigenvalue weighted by atomic mass is 9.94. The monoisotopic (exact) mass is 263 g/mol. The highest BCUT2D eigenvalue weighted by molar-refractivity contribution is 5.79. The first kappa shape index (κ1) is 15.5. The number of hydrogen-bond donors (Lipinski definition) is 1. The number of carbonyl (C=O) groups excluding carboxylic acids is 1. The highest BCUT2D eigenvalue weighted by Crippen LogP contribution is 2.20. The van der Waals surface area contributed by atoms with Gasteiger partial charge in [0.25, 0.3) is 0 Å².